The molecule has 1 N–H and O–H groups in total. The average molecular weight is 430 g/mol. The number of aliphatic carboxylic acids is 1. The fourth-order valence-electron chi connectivity index (χ4n) is 2.71. The van der Waals surface area contributed by atoms with Gasteiger partial charge in [0.25, 0.3) is 0 Å². The van der Waals surface area contributed by atoms with E-state index in [9.17, 15) is 14.7 Å². The number of carbonyl (C=O) groups is 2. The molecule has 1 amide bonds. The number of hydrogen-bond acceptors (Lipinski definition) is 5. The van der Waals surface area contributed by atoms with Crippen molar-refractivity contribution in [3.8, 4) is 5.75 Å². The van der Waals surface area contributed by atoms with Gasteiger partial charge in [-0.15, -0.1) is 11.8 Å². The maximum absolute atomic E-state index is 12.2. The van der Waals surface area contributed by atoms with Gasteiger partial charge in [0.1, 0.15) is 18.1 Å². The lowest BCUT2D eigenvalue weighted by Gasteiger charge is -2.18. The zero-order valence-corrected chi connectivity index (χ0v) is 18.2. The van der Waals surface area contributed by atoms with Gasteiger partial charge >= 0.3 is 12.1 Å². The summed E-state index contributed by atoms with van der Waals surface area (Å²) in [5.41, 5.74) is 1.66. The third-order valence-electron chi connectivity index (χ3n) is 4.24. The molecule has 0 fully saturated rings. The van der Waals surface area contributed by atoms with Crippen LogP contribution in [0.1, 0.15) is 31.4 Å². The standard InChI is InChI=1S/C23H27NO5S/c1-16(2)13-20(30-15-18-9-11-19(28-3)12-10-18)21(22(25)26)24-23(27)29-14-17-7-5-4-6-8-17/h4-12,16,20H,13-15H2,1-3H3,(H,25,26). The van der Waals surface area contributed by atoms with Gasteiger partial charge in [0.2, 0.25) is 0 Å². The van der Waals surface area contributed by atoms with E-state index in [4.69, 9.17) is 9.47 Å². The lowest BCUT2D eigenvalue weighted by atomic mass is 10.0. The van der Waals surface area contributed by atoms with Crippen LogP contribution < -0.4 is 4.74 Å². The number of nitrogens with zero attached hydrogens (tertiary/aromatic N) is 1. The molecule has 2 aromatic rings. The van der Waals surface area contributed by atoms with E-state index in [0.29, 0.717) is 12.2 Å². The van der Waals surface area contributed by atoms with Crippen LogP contribution in [-0.4, -0.2) is 35.2 Å². The smallest absolute Gasteiger partial charge is 0.434 e. The molecule has 0 saturated carbocycles. The van der Waals surface area contributed by atoms with Crippen LogP contribution in [0.25, 0.3) is 0 Å². The van der Waals surface area contributed by atoms with Crippen LogP contribution in [0.2, 0.25) is 0 Å². The fourth-order valence-corrected chi connectivity index (χ4v) is 4.13. The summed E-state index contributed by atoms with van der Waals surface area (Å²) in [5.74, 6) is 0.381. The minimum atomic E-state index is -1.21. The summed E-state index contributed by atoms with van der Waals surface area (Å²) in [6, 6.07) is 16.8. The average Bonchev–Trinajstić information content (AvgIpc) is 2.74. The van der Waals surface area contributed by atoms with Gasteiger partial charge in [0, 0.05) is 5.75 Å². The molecule has 0 saturated heterocycles. The molecule has 0 bridgehead atoms. The number of rotatable bonds is 10. The van der Waals surface area contributed by atoms with Gasteiger partial charge < -0.3 is 14.6 Å². The highest BCUT2D eigenvalue weighted by atomic mass is 32.2. The lowest BCUT2D eigenvalue weighted by molar-refractivity contribution is -0.129. The van der Waals surface area contributed by atoms with E-state index < -0.39 is 17.3 Å². The maximum atomic E-state index is 12.2. The molecule has 0 spiro atoms. The van der Waals surface area contributed by atoms with Crippen LogP contribution in [-0.2, 0) is 21.9 Å². The van der Waals surface area contributed by atoms with Crippen LogP contribution in [0.3, 0.4) is 0 Å². The van der Waals surface area contributed by atoms with E-state index >= 15 is 0 Å². The Morgan fingerprint density at radius 2 is 1.70 bits per heavy atom. The van der Waals surface area contributed by atoms with Crippen LogP contribution in [0.4, 0.5) is 4.79 Å². The quantitative estimate of drug-likeness (QED) is 0.522. The Hall–Kier alpha value is -2.80. The molecular formula is C23H27NO5S. The Labute approximate surface area is 181 Å². The zero-order valence-electron chi connectivity index (χ0n) is 17.4. The van der Waals surface area contributed by atoms with Crippen molar-refractivity contribution in [2.24, 2.45) is 10.9 Å². The summed E-state index contributed by atoms with van der Waals surface area (Å²) in [4.78, 5) is 27.8. The normalized spacial score (nSPS) is 12.5. The molecule has 160 valence electrons. The van der Waals surface area contributed by atoms with Crippen molar-refractivity contribution in [1.82, 2.24) is 0 Å². The molecule has 1 unspecified atom stereocenters. The summed E-state index contributed by atoms with van der Waals surface area (Å²) >= 11 is 1.45. The largest absolute Gasteiger partial charge is 0.497 e. The van der Waals surface area contributed by atoms with E-state index in [0.717, 1.165) is 16.9 Å². The van der Waals surface area contributed by atoms with Crippen molar-refractivity contribution in [3.63, 3.8) is 0 Å². The second kappa shape index (κ2) is 12.0. The SMILES string of the molecule is COc1ccc(CSC(CC(C)C)C(=NC(=O)OCc2ccccc2)C(=O)O)cc1. The Morgan fingerprint density at radius 3 is 2.27 bits per heavy atom. The van der Waals surface area contributed by atoms with E-state index in [1.807, 2.05) is 68.4 Å². The summed E-state index contributed by atoms with van der Waals surface area (Å²) in [7, 11) is 1.61. The Kier molecular flexibility index (Phi) is 9.41. The highest BCUT2D eigenvalue weighted by Gasteiger charge is 2.26. The Morgan fingerprint density at radius 1 is 1.03 bits per heavy atom. The number of aliphatic imine (C=N–C) groups is 1. The van der Waals surface area contributed by atoms with Crippen LogP contribution in [0, 0.1) is 5.92 Å². The lowest BCUT2D eigenvalue weighted by Crippen LogP contribution is -2.29. The van der Waals surface area contributed by atoms with E-state index in [1.54, 1.807) is 7.11 Å². The van der Waals surface area contributed by atoms with Crippen LogP contribution >= 0.6 is 11.8 Å². The molecule has 2 aromatic carbocycles. The third-order valence-corrected chi connectivity index (χ3v) is 5.55. The van der Waals surface area contributed by atoms with Crippen molar-refractivity contribution in [3.05, 3.63) is 65.7 Å². The number of hydrogen-bond donors (Lipinski definition) is 1. The summed E-state index contributed by atoms with van der Waals surface area (Å²) in [5, 5.41) is 9.25. The van der Waals surface area contributed by atoms with Crippen molar-refractivity contribution < 1.29 is 24.2 Å². The van der Waals surface area contributed by atoms with Crippen molar-refractivity contribution in [1.29, 1.82) is 0 Å². The van der Waals surface area contributed by atoms with Gasteiger partial charge in [-0.05, 0) is 35.6 Å². The Balaban J connectivity index is 2.09. The molecule has 0 aromatic heterocycles. The summed E-state index contributed by atoms with van der Waals surface area (Å²) in [6.07, 6.45) is -0.312. The fraction of sp³-hybridized carbons (Fsp3) is 0.348. The molecular weight excluding hydrogens is 402 g/mol. The molecule has 0 radical (unpaired) electrons. The van der Waals surface area contributed by atoms with E-state index in [-0.39, 0.29) is 18.2 Å². The molecule has 1 atom stereocenters. The predicted molar refractivity (Wildman–Crippen MR) is 119 cm³/mol. The molecule has 6 nitrogen and oxygen atoms in total. The van der Waals surface area contributed by atoms with Gasteiger partial charge in [-0.3, -0.25) is 0 Å². The minimum absolute atomic E-state index is 0.0455. The molecule has 0 aliphatic heterocycles. The molecule has 30 heavy (non-hydrogen) atoms. The van der Waals surface area contributed by atoms with E-state index in [1.165, 1.54) is 11.8 Å². The second-order valence-corrected chi connectivity index (χ2v) is 8.31. The third kappa shape index (κ3) is 7.91. The number of benzene rings is 2. The topological polar surface area (TPSA) is 85.2 Å². The van der Waals surface area contributed by atoms with Crippen molar-refractivity contribution in [2.75, 3.05) is 7.11 Å². The highest BCUT2D eigenvalue weighted by Crippen LogP contribution is 2.26. The number of thioether (sulfide) groups is 1. The van der Waals surface area contributed by atoms with Crippen LogP contribution in [0.5, 0.6) is 5.75 Å². The number of carboxylic acids is 1. The first-order valence-electron chi connectivity index (χ1n) is 9.66. The number of carboxylic acid groups (broad SMARTS) is 1. The number of ether oxygens (including phenoxy) is 2. The number of methoxy groups -OCH3 is 1. The first-order valence-corrected chi connectivity index (χ1v) is 10.7. The van der Waals surface area contributed by atoms with Gasteiger partial charge in [-0.25, -0.2) is 9.59 Å². The summed E-state index contributed by atoms with van der Waals surface area (Å²) in [6.45, 7) is 4.06. The van der Waals surface area contributed by atoms with Crippen molar-refractivity contribution in [2.45, 2.75) is 37.9 Å². The zero-order chi connectivity index (χ0) is 21.9. The van der Waals surface area contributed by atoms with Crippen molar-refractivity contribution >= 4 is 29.5 Å². The number of carbonyl (C=O) groups excluding carboxylic acids is 1. The van der Waals surface area contributed by atoms with Crippen LogP contribution in [0.15, 0.2) is 59.6 Å². The van der Waals surface area contributed by atoms with E-state index in [2.05, 4.69) is 4.99 Å². The molecule has 0 heterocycles. The van der Waals surface area contributed by atoms with Gasteiger partial charge in [0.15, 0.2) is 0 Å². The highest BCUT2D eigenvalue weighted by molar-refractivity contribution is 8.00. The molecule has 0 aliphatic rings. The predicted octanol–water partition coefficient (Wildman–Crippen LogP) is 5.21. The summed E-state index contributed by atoms with van der Waals surface area (Å²) < 4.78 is 10.3. The first-order chi connectivity index (χ1) is 14.4. The second-order valence-electron chi connectivity index (χ2n) is 7.12. The monoisotopic (exact) mass is 429 g/mol. The number of amides is 1. The molecule has 7 heteroatoms. The minimum Gasteiger partial charge on any atom is -0.497 e. The van der Waals surface area contributed by atoms with Gasteiger partial charge in [-0.2, -0.15) is 4.99 Å². The molecule has 0 aliphatic carbocycles. The van der Waals surface area contributed by atoms with Gasteiger partial charge in [0.05, 0.1) is 12.4 Å². The maximum Gasteiger partial charge on any atom is 0.434 e. The molecule has 2 rings (SSSR count). The first kappa shape index (κ1) is 23.5. The van der Waals surface area contributed by atoms with Gasteiger partial charge in [-0.1, -0.05) is 56.3 Å². The Bertz CT molecular complexity index is 850.